The summed E-state index contributed by atoms with van der Waals surface area (Å²) in [6, 6.07) is 14.3. The van der Waals surface area contributed by atoms with Crippen LogP contribution < -0.4 is 14.8 Å². The summed E-state index contributed by atoms with van der Waals surface area (Å²) >= 11 is 0. The predicted octanol–water partition coefficient (Wildman–Crippen LogP) is 3.89. The van der Waals surface area contributed by atoms with Crippen LogP contribution >= 0.6 is 0 Å². The van der Waals surface area contributed by atoms with Gasteiger partial charge in [-0.2, -0.15) is 0 Å². The molecule has 4 rings (SSSR count). The number of benzene rings is 2. The van der Waals surface area contributed by atoms with Gasteiger partial charge >= 0.3 is 0 Å². The van der Waals surface area contributed by atoms with Crippen molar-refractivity contribution in [2.75, 3.05) is 19.5 Å². The Kier molecular flexibility index (Phi) is 4.63. The van der Waals surface area contributed by atoms with Crippen molar-refractivity contribution in [3.8, 4) is 22.9 Å². The highest BCUT2D eigenvalue weighted by Crippen LogP contribution is 2.28. The van der Waals surface area contributed by atoms with Crippen LogP contribution in [0.25, 0.3) is 22.4 Å². The predicted molar refractivity (Wildman–Crippen MR) is 107 cm³/mol. The second-order valence-corrected chi connectivity index (χ2v) is 6.08. The molecular weight excluding hydrogens is 356 g/mol. The molecule has 0 unspecified atom stereocenters. The number of ether oxygens (including phenoxy) is 2. The number of imidazole rings is 1. The lowest BCUT2D eigenvalue weighted by molar-refractivity contribution is 0.102. The van der Waals surface area contributed by atoms with Crippen molar-refractivity contribution in [2.24, 2.45) is 0 Å². The van der Waals surface area contributed by atoms with E-state index in [1.54, 1.807) is 37.7 Å². The number of hydrogen-bond acceptors (Lipinski definition) is 5. The van der Waals surface area contributed by atoms with Crippen LogP contribution in [0.15, 0.2) is 60.9 Å². The van der Waals surface area contributed by atoms with Crippen LogP contribution in [0.3, 0.4) is 0 Å². The van der Waals surface area contributed by atoms with E-state index >= 15 is 0 Å². The maximum Gasteiger partial charge on any atom is 0.255 e. The van der Waals surface area contributed by atoms with Crippen LogP contribution in [0.1, 0.15) is 10.4 Å². The molecule has 140 valence electrons. The second-order valence-electron chi connectivity index (χ2n) is 6.08. The van der Waals surface area contributed by atoms with E-state index in [-0.39, 0.29) is 5.91 Å². The normalized spacial score (nSPS) is 10.6. The van der Waals surface area contributed by atoms with Crippen LogP contribution in [0, 0.1) is 0 Å². The third-order valence-electron chi connectivity index (χ3n) is 4.32. The number of carbonyl (C=O) groups is 1. The van der Waals surface area contributed by atoms with E-state index in [1.807, 2.05) is 30.3 Å². The molecule has 0 saturated heterocycles. The Morgan fingerprint density at radius 1 is 1.04 bits per heavy atom. The number of aromatic amines is 1. The maximum absolute atomic E-state index is 12.6. The van der Waals surface area contributed by atoms with E-state index in [0.717, 1.165) is 22.4 Å². The topological polar surface area (TPSA) is 89.1 Å². The smallest absolute Gasteiger partial charge is 0.255 e. The van der Waals surface area contributed by atoms with Crippen molar-refractivity contribution < 1.29 is 14.3 Å². The average molecular weight is 374 g/mol. The third-order valence-corrected chi connectivity index (χ3v) is 4.32. The molecule has 0 atom stereocenters. The van der Waals surface area contributed by atoms with Crippen LogP contribution in [-0.2, 0) is 0 Å². The molecule has 28 heavy (non-hydrogen) atoms. The van der Waals surface area contributed by atoms with E-state index in [4.69, 9.17) is 9.47 Å². The Morgan fingerprint density at radius 3 is 2.64 bits per heavy atom. The van der Waals surface area contributed by atoms with E-state index in [9.17, 15) is 4.79 Å². The molecule has 0 saturated carbocycles. The Hall–Kier alpha value is -3.87. The SMILES string of the molecule is COc1ccc(C(=O)Nc2ccc3nc(-c4cccnc4)[nH]c3c2)cc1OC. The Labute approximate surface area is 161 Å². The fourth-order valence-corrected chi connectivity index (χ4v) is 2.91. The van der Waals surface area contributed by atoms with Crippen molar-refractivity contribution in [1.82, 2.24) is 15.0 Å². The first kappa shape index (κ1) is 17.5. The number of aromatic nitrogens is 3. The van der Waals surface area contributed by atoms with Gasteiger partial charge in [0.15, 0.2) is 11.5 Å². The molecule has 0 spiro atoms. The number of nitrogens with zero attached hydrogens (tertiary/aromatic N) is 2. The number of rotatable bonds is 5. The summed E-state index contributed by atoms with van der Waals surface area (Å²) in [7, 11) is 3.09. The summed E-state index contributed by atoms with van der Waals surface area (Å²) in [6.45, 7) is 0. The molecule has 2 aromatic carbocycles. The first-order valence-corrected chi connectivity index (χ1v) is 8.61. The number of hydrogen-bond donors (Lipinski definition) is 2. The number of carbonyl (C=O) groups excluding carboxylic acids is 1. The van der Waals surface area contributed by atoms with Gasteiger partial charge < -0.3 is 19.8 Å². The largest absolute Gasteiger partial charge is 0.493 e. The van der Waals surface area contributed by atoms with Gasteiger partial charge in [-0.25, -0.2) is 4.98 Å². The van der Waals surface area contributed by atoms with E-state index in [2.05, 4.69) is 20.3 Å². The summed E-state index contributed by atoms with van der Waals surface area (Å²) in [6.07, 6.45) is 3.46. The lowest BCUT2D eigenvalue weighted by Gasteiger charge is -2.10. The number of fused-ring (bicyclic) bond motifs is 1. The number of H-pyrrole nitrogens is 1. The molecule has 1 amide bonds. The van der Waals surface area contributed by atoms with Crippen molar-refractivity contribution in [1.29, 1.82) is 0 Å². The molecular formula is C21H18N4O3. The Bertz CT molecular complexity index is 1140. The third kappa shape index (κ3) is 3.37. The molecule has 2 aromatic heterocycles. The number of anilines is 1. The minimum atomic E-state index is -0.243. The van der Waals surface area contributed by atoms with E-state index in [0.29, 0.717) is 22.7 Å². The summed E-state index contributed by atoms with van der Waals surface area (Å²) in [5, 5.41) is 2.89. The van der Waals surface area contributed by atoms with Gasteiger partial charge in [-0.15, -0.1) is 0 Å². The van der Waals surface area contributed by atoms with Gasteiger partial charge in [0.05, 0.1) is 25.3 Å². The van der Waals surface area contributed by atoms with Crippen molar-refractivity contribution in [3.63, 3.8) is 0 Å². The van der Waals surface area contributed by atoms with Gasteiger partial charge in [-0.3, -0.25) is 9.78 Å². The minimum Gasteiger partial charge on any atom is -0.493 e. The second kappa shape index (κ2) is 7.40. The van der Waals surface area contributed by atoms with Gasteiger partial charge in [0.25, 0.3) is 5.91 Å². The number of nitrogens with one attached hydrogen (secondary N) is 2. The molecule has 2 heterocycles. The molecule has 4 aromatic rings. The molecule has 0 aliphatic heterocycles. The van der Waals surface area contributed by atoms with Gasteiger partial charge in [-0.05, 0) is 48.5 Å². The van der Waals surface area contributed by atoms with Crippen LogP contribution in [-0.4, -0.2) is 35.1 Å². The highest BCUT2D eigenvalue weighted by atomic mass is 16.5. The Morgan fingerprint density at radius 2 is 1.89 bits per heavy atom. The van der Waals surface area contributed by atoms with Gasteiger partial charge in [0.1, 0.15) is 5.82 Å². The van der Waals surface area contributed by atoms with E-state index in [1.165, 1.54) is 7.11 Å². The highest BCUT2D eigenvalue weighted by molar-refractivity contribution is 6.05. The number of pyridine rings is 1. The summed E-state index contributed by atoms with van der Waals surface area (Å²) in [5.41, 5.74) is 3.66. The molecule has 2 N–H and O–H groups in total. The zero-order valence-corrected chi connectivity index (χ0v) is 15.4. The summed E-state index contributed by atoms with van der Waals surface area (Å²) in [5.74, 6) is 1.56. The molecule has 0 bridgehead atoms. The number of methoxy groups -OCH3 is 2. The summed E-state index contributed by atoms with van der Waals surface area (Å²) < 4.78 is 10.5. The van der Waals surface area contributed by atoms with Crippen molar-refractivity contribution in [3.05, 3.63) is 66.5 Å². The molecule has 0 aliphatic carbocycles. The quantitative estimate of drug-likeness (QED) is 0.553. The zero-order chi connectivity index (χ0) is 19.5. The molecule has 0 radical (unpaired) electrons. The van der Waals surface area contributed by atoms with Crippen molar-refractivity contribution in [2.45, 2.75) is 0 Å². The number of amides is 1. The molecule has 7 nitrogen and oxygen atoms in total. The summed E-state index contributed by atoms with van der Waals surface area (Å²) in [4.78, 5) is 24.5. The van der Waals surface area contributed by atoms with Crippen molar-refractivity contribution >= 4 is 22.6 Å². The fourth-order valence-electron chi connectivity index (χ4n) is 2.91. The van der Waals surface area contributed by atoms with Crippen LogP contribution in [0.4, 0.5) is 5.69 Å². The maximum atomic E-state index is 12.6. The standard InChI is InChI=1S/C21H18N4O3/c1-27-18-8-5-13(10-19(18)28-2)21(26)23-15-6-7-16-17(11-15)25-20(24-16)14-4-3-9-22-12-14/h3-12H,1-2H3,(H,23,26)(H,24,25). The van der Waals surface area contributed by atoms with Gasteiger partial charge in [0, 0.05) is 29.2 Å². The Balaban J connectivity index is 1.58. The highest BCUT2D eigenvalue weighted by Gasteiger charge is 2.12. The monoisotopic (exact) mass is 374 g/mol. The van der Waals surface area contributed by atoms with Crippen LogP contribution in [0.2, 0.25) is 0 Å². The van der Waals surface area contributed by atoms with Gasteiger partial charge in [-0.1, -0.05) is 0 Å². The first-order chi connectivity index (χ1) is 13.7. The fraction of sp³-hybridized carbons (Fsp3) is 0.0952. The lowest BCUT2D eigenvalue weighted by atomic mass is 10.1. The van der Waals surface area contributed by atoms with Crippen LogP contribution in [0.5, 0.6) is 11.5 Å². The molecule has 0 aliphatic rings. The van der Waals surface area contributed by atoms with Gasteiger partial charge in [0.2, 0.25) is 0 Å². The molecule has 7 heteroatoms. The molecule has 0 fully saturated rings. The first-order valence-electron chi connectivity index (χ1n) is 8.61. The lowest BCUT2D eigenvalue weighted by Crippen LogP contribution is -2.12. The van der Waals surface area contributed by atoms with E-state index < -0.39 is 0 Å². The zero-order valence-electron chi connectivity index (χ0n) is 15.4. The average Bonchev–Trinajstić information content (AvgIpc) is 3.17. The minimum absolute atomic E-state index is 0.243.